The van der Waals surface area contributed by atoms with Gasteiger partial charge in [0.25, 0.3) is 0 Å². The molecule has 5 nitrogen and oxygen atoms in total. The van der Waals surface area contributed by atoms with Gasteiger partial charge in [-0.25, -0.2) is 9.59 Å². The molecule has 2 aromatic carbocycles. The lowest BCUT2D eigenvalue weighted by Crippen LogP contribution is -2.55. The molecule has 1 fully saturated rings. The van der Waals surface area contributed by atoms with Crippen molar-refractivity contribution in [1.82, 2.24) is 4.90 Å². The molecule has 0 N–H and O–H groups in total. The van der Waals surface area contributed by atoms with E-state index in [1.165, 1.54) is 4.90 Å². The molecule has 0 spiro atoms. The number of hydrogen-bond donors (Lipinski definition) is 0. The number of nitrogens with zero attached hydrogens (tertiary/aromatic N) is 1. The molecule has 2 aromatic rings. The SMILES string of the molecule is C#CC[C@H]1C(=O)O[C@H](c2ccccc2)[C@H](c2ccccc2)N1C(=O)OC(C)(C)C. The molecule has 150 valence electrons. The van der Waals surface area contributed by atoms with Crippen LogP contribution in [0.25, 0.3) is 0 Å². The number of esters is 1. The van der Waals surface area contributed by atoms with E-state index in [2.05, 4.69) is 5.92 Å². The second kappa shape index (κ2) is 8.40. The maximum Gasteiger partial charge on any atom is 0.411 e. The normalized spacial score (nSPS) is 21.8. The van der Waals surface area contributed by atoms with Crippen molar-refractivity contribution in [2.45, 2.75) is 51.0 Å². The largest absolute Gasteiger partial charge is 0.453 e. The third kappa shape index (κ3) is 4.60. The van der Waals surface area contributed by atoms with Crippen LogP contribution in [0.15, 0.2) is 60.7 Å². The zero-order chi connectivity index (χ0) is 21.0. The zero-order valence-electron chi connectivity index (χ0n) is 16.9. The molecule has 1 aliphatic rings. The number of amides is 1. The maximum absolute atomic E-state index is 13.2. The molecular weight excluding hydrogens is 366 g/mol. The van der Waals surface area contributed by atoms with Gasteiger partial charge in [-0.3, -0.25) is 4.90 Å². The molecule has 1 saturated heterocycles. The summed E-state index contributed by atoms with van der Waals surface area (Å²) in [5.74, 6) is 1.96. The van der Waals surface area contributed by atoms with Gasteiger partial charge in [-0.2, -0.15) is 0 Å². The lowest BCUT2D eigenvalue weighted by molar-refractivity contribution is -0.173. The van der Waals surface area contributed by atoms with Gasteiger partial charge < -0.3 is 9.47 Å². The van der Waals surface area contributed by atoms with Crippen LogP contribution in [0, 0.1) is 12.3 Å². The van der Waals surface area contributed by atoms with Crippen molar-refractivity contribution in [2.24, 2.45) is 0 Å². The lowest BCUT2D eigenvalue weighted by atomic mass is 9.91. The highest BCUT2D eigenvalue weighted by Crippen LogP contribution is 2.43. The Hall–Kier alpha value is -3.26. The van der Waals surface area contributed by atoms with Gasteiger partial charge in [-0.1, -0.05) is 60.7 Å². The first-order valence-corrected chi connectivity index (χ1v) is 9.57. The third-order valence-electron chi connectivity index (χ3n) is 4.62. The molecule has 1 amide bonds. The molecule has 0 radical (unpaired) electrons. The molecule has 1 aliphatic heterocycles. The average Bonchev–Trinajstić information content (AvgIpc) is 2.69. The molecule has 0 aliphatic carbocycles. The van der Waals surface area contributed by atoms with Crippen LogP contribution < -0.4 is 0 Å². The van der Waals surface area contributed by atoms with Crippen molar-refractivity contribution in [1.29, 1.82) is 0 Å². The van der Waals surface area contributed by atoms with Gasteiger partial charge >= 0.3 is 12.1 Å². The summed E-state index contributed by atoms with van der Waals surface area (Å²) in [5, 5.41) is 0. The Kier molecular flexibility index (Phi) is 5.93. The van der Waals surface area contributed by atoms with Crippen LogP contribution in [-0.4, -0.2) is 28.6 Å². The molecule has 0 aromatic heterocycles. The van der Waals surface area contributed by atoms with Gasteiger partial charge in [0.05, 0.1) is 0 Å². The van der Waals surface area contributed by atoms with E-state index < -0.39 is 35.9 Å². The smallest absolute Gasteiger partial charge is 0.411 e. The molecule has 1 heterocycles. The van der Waals surface area contributed by atoms with E-state index in [4.69, 9.17) is 15.9 Å². The van der Waals surface area contributed by atoms with Crippen LogP contribution in [0.5, 0.6) is 0 Å². The van der Waals surface area contributed by atoms with Crippen LogP contribution in [0.1, 0.15) is 50.5 Å². The predicted octanol–water partition coefficient (Wildman–Crippen LogP) is 4.65. The minimum absolute atomic E-state index is 0.0446. The number of carbonyl (C=O) groups is 2. The van der Waals surface area contributed by atoms with Gasteiger partial charge in [0, 0.05) is 6.42 Å². The number of terminal acetylenes is 1. The van der Waals surface area contributed by atoms with Crippen molar-refractivity contribution in [3.63, 3.8) is 0 Å². The zero-order valence-corrected chi connectivity index (χ0v) is 16.9. The Morgan fingerprint density at radius 2 is 1.62 bits per heavy atom. The molecule has 5 heteroatoms. The van der Waals surface area contributed by atoms with Crippen LogP contribution in [0.4, 0.5) is 4.79 Å². The summed E-state index contributed by atoms with van der Waals surface area (Å²) < 4.78 is 11.5. The third-order valence-corrected chi connectivity index (χ3v) is 4.62. The number of cyclic esters (lactones) is 1. The molecule has 0 bridgehead atoms. The van der Waals surface area contributed by atoms with E-state index in [1.54, 1.807) is 20.8 Å². The minimum atomic E-state index is -0.917. The number of hydrogen-bond acceptors (Lipinski definition) is 4. The van der Waals surface area contributed by atoms with Crippen molar-refractivity contribution in [3.05, 3.63) is 71.8 Å². The Labute approximate surface area is 171 Å². The maximum atomic E-state index is 13.2. The Bertz CT molecular complexity index is 896. The first-order chi connectivity index (χ1) is 13.8. The second-order valence-corrected chi connectivity index (χ2v) is 7.94. The number of morpholine rings is 1. The predicted molar refractivity (Wildman–Crippen MR) is 110 cm³/mol. The van der Waals surface area contributed by atoms with Gasteiger partial charge in [0.15, 0.2) is 6.10 Å². The Morgan fingerprint density at radius 1 is 1.07 bits per heavy atom. The standard InChI is InChI=1S/C24H25NO4/c1-5-12-19-22(26)28-21(18-15-10-7-11-16-18)20(17-13-8-6-9-14-17)25(19)23(27)29-24(2,3)4/h1,6-11,13-16,19-21H,12H2,2-4H3/t19-,20-,21+/m0/s1. The van der Waals surface area contributed by atoms with Crippen molar-refractivity contribution >= 4 is 12.1 Å². The molecule has 3 atom stereocenters. The number of carbonyl (C=O) groups excluding carboxylic acids is 2. The van der Waals surface area contributed by atoms with E-state index in [0.717, 1.165) is 11.1 Å². The lowest BCUT2D eigenvalue weighted by Gasteiger charge is -2.45. The minimum Gasteiger partial charge on any atom is -0.453 e. The van der Waals surface area contributed by atoms with E-state index in [-0.39, 0.29) is 6.42 Å². The molecular formula is C24H25NO4. The fourth-order valence-corrected chi connectivity index (χ4v) is 3.45. The van der Waals surface area contributed by atoms with Crippen molar-refractivity contribution < 1.29 is 19.1 Å². The summed E-state index contributed by atoms with van der Waals surface area (Å²) in [6, 6.07) is 17.4. The van der Waals surface area contributed by atoms with Gasteiger partial charge in [-0.15, -0.1) is 12.3 Å². The first-order valence-electron chi connectivity index (χ1n) is 9.57. The monoisotopic (exact) mass is 391 g/mol. The quantitative estimate of drug-likeness (QED) is 0.564. The summed E-state index contributed by atoms with van der Waals surface area (Å²) in [4.78, 5) is 27.5. The number of rotatable bonds is 3. The fraction of sp³-hybridized carbons (Fsp3) is 0.333. The summed E-state index contributed by atoms with van der Waals surface area (Å²) in [5.41, 5.74) is 0.909. The summed E-state index contributed by atoms with van der Waals surface area (Å²) in [7, 11) is 0. The second-order valence-electron chi connectivity index (χ2n) is 7.94. The van der Waals surface area contributed by atoms with Gasteiger partial charge in [0.2, 0.25) is 0 Å². The van der Waals surface area contributed by atoms with Crippen LogP contribution in [-0.2, 0) is 14.3 Å². The van der Waals surface area contributed by atoms with Gasteiger partial charge in [0.1, 0.15) is 17.7 Å². The van der Waals surface area contributed by atoms with E-state index in [1.807, 2.05) is 60.7 Å². The van der Waals surface area contributed by atoms with E-state index >= 15 is 0 Å². The highest BCUT2D eigenvalue weighted by Gasteiger charge is 2.48. The molecule has 29 heavy (non-hydrogen) atoms. The van der Waals surface area contributed by atoms with Crippen LogP contribution in [0.3, 0.4) is 0 Å². The summed E-state index contributed by atoms with van der Waals surface area (Å²) >= 11 is 0. The highest BCUT2D eigenvalue weighted by atomic mass is 16.6. The van der Waals surface area contributed by atoms with Crippen LogP contribution in [0.2, 0.25) is 0 Å². The van der Waals surface area contributed by atoms with E-state index in [0.29, 0.717) is 0 Å². The number of ether oxygens (including phenoxy) is 2. The average molecular weight is 391 g/mol. The summed E-state index contributed by atoms with van der Waals surface area (Å²) in [6.45, 7) is 5.36. The van der Waals surface area contributed by atoms with Crippen LogP contribution >= 0.6 is 0 Å². The van der Waals surface area contributed by atoms with Crippen molar-refractivity contribution in [3.8, 4) is 12.3 Å². The molecule has 0 unspecified atom stereocenters. The van der Waals surface area contributed by atoms with E-state index in [9.17, 15) is 9.59 Å². The number of benzene rings is 2. The Balaban J connectivity index is 2.14. The first kappa shape index (κ1) is 20.5. The molecule has 0 saturated carbocycles. The highest BCUT2D eigenvalue weighted by molar-refractivity contribution is 5.84. The fourth-order valence-electron chi connectivity index (χ4n) is 3.45. The topological polar surface area (TPSA) is 55.8 Å². The van der Waals surface area contributed by atoms with Crippen molar-refractivity contribution in [2.75, 3.05) is 0 Å². The Morgan fingerprint density at radius 3 is 2.14 bits per heavy atom. The molecule has 3 rings (SSSR count). The van der Waals surface area contributed by atoms with Gasteiger partial charge in [-0.05, 0) is 31.9 Å². The summed E-state index contributed by atoms with van der Waals surface area (Å²) in [6.07, 6.45) is 4.28.